The lowest BCUT2D eigenvalue weighted by atomic mass is 10.2. The average molecular weight is 142 g/mol. The molecule has 0 aromatic rings. The van der Waals surface area contributed by atoms with Crippen LogP contribution < -0.4 is 11.3 Å². The topological polar surface area (TPSA) is 47.3 Å². The molecule has 1 atom stereocenters. The molecular weight excluding hydrogens is 128 g/mol. The number of ether oxygens (including phenoxy) is 1. The van der Waals surface area contributed by atoms with Crippen molar-refractivity contribution in [2.75, 3.05) is 13.2 Å². The van der Waals surface area contributed by atoms with E-state index in [-0.39, 0.29) is 6.04 Å². The molecule has 0 radical (unpaired) electrons. The maximum absolute atomic E-state index is 5.12. The number of hydrogen-bond acceptors (Lipinski definition) is 3. The van der Waals surface area contributed by atoms with Crippen molar-refractivity contribution >= 4 is 0 Å². The SMILES string of the molecule is C#CC(CCOCC)NN. The first-order valence-electron chi connectivity index (χ1n) is 3.35. The van der Waals surface area contributed by atoms with Crippen LogP contribution in [0.3, 0.4) is 0 Å². The van der Waals surface area contributed by atoms with Crippen LogP contribution in [0.5, 0.6) is 0 Å². The van der Waals surface area contributed by atoms with Gasteiger partial charge in [-0.3, -0.25) is 5.84 Å². The summed E-state index contributed by atoms with van der Waals surface area (Å²) in [6.07, 6.45) is 5.88. The normalized spacial score (nSPS) is 12.5. The van der Waals surface area contributed by atoms with E-state index in [1.54, 1.807) is 0 Å². The van der Waals surface area contributed by atoms with Gasteiger partial charge in [-0.15, -0.1) is 6.42 Å². The minimum Gasteiger partial charge on any atom is -0.382 e. The van der Waals surface area contributed by atoms with Crippen molar-refractivity contribution in [1.82, 2.24) is 5.43 Å². The number of hydrazine groups is 1. The van der Waals surface area contributed by atoms with Gasteiger partial charge in [0.2, 0.25) is 0 Å². The van der Waals surface area contributed by atoms with E-state index in [0.717, 1.165) is 13.0 Å². The Labute approximate surface area is 61.9 Å². The minimum atomic E-state index is -0.0634. The molecule has 3 nitrogen and oxygen atoms in total. The molecule has 0 spiro atoms. The molecule has 0 fully saturated rings. The number of nitrogens with two attached hydrogens (primary N) is 1. The molecule has 0 aliphatic rings. The average Bonchev–Trinajstić information content (AvgIpc) is 1.99. The molecule has 0 aromatic heterocycles. The summed E-state index contributed by atoms with van der Waals surface area (Å²) in [4.78, 5) is 0. The maximum atomic E-state index is 5.12. The van der Waals surface area contributed by atoms with Gasteiger partial charge >= 0.3 is 0 Å². The van der Waals surface area contributed by atoms with E-state index in [4.69, 9.17) is 17.0 Å². The van der Waals surface area contributed by atoms with Crippen molar-refractivity contribution < 1.29 is 4.74 Å². The molecule has 0 saturated carbocycles. The van der Waals surface area contributed by atoms with Gasteiger partial charge < -0.3 is 4.74 Å². The zero-order valence-electron chi connectivity index (χ0n) is 6.26. The van der Waals surface area contributed by atoms with Crippen molar-refractivity contribution in [2.24, 2.45) is 5.84 Å². The summed E-state index contributed by atoms with van der Waals surface area (Å²) in [5.41, 5.74) is 2.49. The summed E-state index contributed by atoms with van der Waals surface area (Å²) in [7, 11) is 0. The summed E-state index contributed by atoms with van der Waals surface area (Å²) in [5.74, 6) is 7.61. The second kappa shape index (κ2) is 6.56. The molecule has 0 rings (SSSR count). The fourth-order valence-corrected chi connectivity index (χ4v) is 0.560. The number of hydrogen-bond donors (Lipinski definition) is 2. The lowest BCUT2D eigenvalue weighted by molar-refractivity contribution is 0.141. The van der Waals surface area contributed by atoms with Gasteiger partial charge in [-0.1, -0.05) is 5.92 Å². The van der Waals surface area contributed by atoms with E-state index in [0.29, 0.717) is 6.61 Å². The van der Waals surface area contributed by atoms with Crippen molar-refractivity contribution in [1.29, 1.82) is 0 Å². The number of nitrogens with one attached hydrogen (secondary N) is 1. The van der Waals surface area contributed by atoms with Crippen molar-refractivity contribution in [3.63, 3.8) is 0 Å². The van der Waals surface area contributed by atoms with Gasteiger partial charge in [0.05, 0.1) is 6.04 Å². The first kappa shape index (κ1) is 9.44. The van der Waals surface area contributed by atoms with E-state index < -0.39 is 0 Å². The third-order valence-electron chi connectivity index (χ3n) is 1.16. The molecule has 1 unspecified atom stereocenters. The first-order valence-corrected chi connectivity index (χ1v) is 3.35. The molecule has 3 heteroatoms. The van der Waals surface area contributed by atoms with Crippen LogP contribution in [0.1, 0.15) is 13.3 Å². The smallest absolute Gasteiger partial charge is 0.0836 e. The van der Waals surface area contributed by atoms with E-state index in [1.165, 1.54) is 0 Å². The first-order chi connectivity index (χ1) is 4.85. The quantitative estimate of drug-likeness (QED) is 0.243. The van der Waals surface area contributed by atoms with Crippen LogP contribution in [0.4, 0.5) is 0 Å². The Kier molecular flexibility index (Phi) is 6.19. The molecule has 0 heterocycles. The molecule has 0 aromatic carbocycles. The minimum absolute atomic E-state index is 0.0634. The lowest BCUT2D eigenvalue weighted by Crippen LogP contribution is -2.34. The zero-order valence-corrected chi connectivity index (χ0v) is 6.26. The summed E-state index contributed by atoms with van der Waals surface area (Å²) >= 11 is 0. The van der Waals surface area contributed by atoms with Crippen LogP contribution in [0.25, 0.3) is 0 Å². The van der Waals surface area contributed by atoms with Crippen LogP contribution in [0.2, 0.25) is 0 Å². The highest BCUT2D eigenvalue weighted by atomic mass is 16.5. The summed E-state index contributed by atoms with van der Waals surface area (Å²) in [6, 6.07) is -0.0634. The fraction of sp³-hybridized carbons (Fsp3) is 0.714. The third kappa shape index (κ3) is 4.33. The largest absolute Gasteiger partial charge is 0.382 e. The van der Waals surface area contributed by atoms with Crippen molar-refractivity contribution in [2.45, 2.75) is 19.4 Å². The molecule has 3 N–H and O–H groups in total. The molecule has 0 aliphatic carbocycles. The molecule has 10 heavy (non-hydrogen) atoms. The Balaban J connectivity index is 3.20. The van der Waals surface area contributed by atoms with E-state index >= 15 is 0 Å². The monoisotopic (exact) mass is 142 g/mol. The third-order valence-corrected chi connectivity index (χ3v) is 1.16. The highest BCUT2D eigenvalue weighted by Gasteiger charge is 1.99. The molecule has 0 bridgehead atoms. The number of rotatable bonds is 5. The lowest BCUT2D eigenvalue weighted by Gasteiger charge is -2.07. The second-order valence-corrected chi connectivity index (χ2v) is 1.87. The van der Waals surface area contributed by atoms with E-state index in [2.05, 4.69) is 11.3 Å². The Morgan fingerprint density at radius 2 is 2.50 bits per heavy atom. The Bertz CT molecular complexity index is 109. The molecule has 0 saturated heterocycles. The van der Waals surface area contributed by atoms with Crippen molar-refractivity contribution in [3.8, 4) is 12.3 Å². The summed E-state index contributed by atoms with van der Waals surface area (Å²) < 4.78 is 5.08. The van der Waals surface area contributed by atoms with Crippen LogP contribution in [0, 0.1) is 12.3 Å². The van der Waals surface area contributed by atoms with Gasteiger partial charge in [-0.2, -0.15) is 0 Å². The standard InChI is InChI=1S/C7H14N2O/c1-3-7(9-8)5-6-10-4-2/h1,7,9H,4-6,8H2,2H3. The van der Waals surface area contributed by atoms with Gasteiger partial charge in [-0.05, 0) is 13.3 Å². The highest BCUT2D eigenvalue weighted by Crippen LogP contribution is 1.88. The zero-order chi connectivity index (χ0) is 7.82. The predicted octanol–water partition coefficient (Wildman–Crippen LogP) is -0.122. The van der Waals surface area contributed by atoms with Crippen LogP contribution >= 0.6 is 0 Å². The van der Waals surface area contributed by atoms with Gasteiger partial charge in [0.1, 0.15) is 0 Å². The number of terminal acetylenes is 1. The van der Waals surface area contributed by atoms with Gasteiger partial charge in [0.25, 0.3) is 0 Å². The highest BCUT2D eigenvalue weighted by molar-refractivity contribution is 4.97. The van der Waals surface area contributed by atoms with Gasteiger partial charge in [-0.25, -0.2) is 5.43 Å². The van der Waals surface area contributed by atoms with Gasteiger partial charge in [0, 0.05) is 13.2 Å². The predicted molar refractivity (Wildman–Crippen MR) is 41.1 cm³/mol. The Morgan fingerprint density at radius 1 is 1.80 bits per heavy atom. The van der Waals surface area contributed by atoms with Crippen LogP contribution in [-0.4, -0.2) is 19.3 Å². The van der Waals surface area contributed by atoms with Crippen LogP contribution in [0.15, 0.2) is 0 Å². The fourth-order valence-electron chi connectivity index (χ4n) is 0.560. The second-order valence-electron chi connectivity index (χ2n) is 1.87. The van der Waals surface area contributed by atoms with Crippen LogP contribution in [-0.2, 0) is 4.74 Å². The Hall–Kier alpha value is -0.560. The van der Waals surface area contributed by atoms with Gasteiger partial charge in [0.15, 0.2) is 0 Å². The molecule has 0 amide bonds. The van der Waals surface area contributed by atoms with E-state index in [1.807, 2.05) is 6.92 Å². The Morgan fingerprint density at radius 3 is 2.90 bits per heavy atom. The van der Waals surface area contributed by atoms with Crippen molar-refractivity contribution in [3.05, 3.63) is 0 Å². The van der Waals surface area contributed by atoms with E-state index in [9.17, 15) is 0 Å². The molecular formula is C7H14N2O. The summed E-state index contributed by atoms with van der Waals surface area (Å²) in [6.45, 7) is 3.33. The molecule has 0 aliphatic heterocycles. The molecule has 58 valence electrons. The summed E-state index contributed by atoms with van der Waals surface area (Å²) in [5, 5.41) is 0. The maximum Gasteiger partial charge on any atom is 0.0836 e.